The zero-order valence-electron chi connectivity index (χ0n) is 10.0. The van der Waals surface area contributed by atoms with Crippen LogP contribution in [0, 0.1) is 0 Å². The summed E-state index contributed by atoms with van der Waals surface area (Å²) in [6.07, 6.45) is -2.89. The lowest BCUT2D eigenvalue weighted by Gasteiger charge is -2.17. The molecule has 2 N–H and O–H groups in total. The lowest BCUT2D eigenvalue weighted by molar-refractivity contribution is -0.141. The third-order valence-electron chi connectivity index (χ3n) is 2.61. The highest BCUT2D eigenvalue weighted by Gasteiger charge is 2.34. The van der Waals surface area contributed by atoms with Crippen LogP contribution in [0.2, 0.25) is 0 Å². The fourth-order valence-corrected chi connectivity index (χ4v) is 1.55. The molecule has 0 spiro atoms. The van der Waals surface area contributed by atoms with E-state index in [2.05, 4.69) is 20.4 Å². The maximum atomic E-state index is 12.7. The molecule has 0 aliphatic rings. The van der Waals surface area contributed by atoms with Gasteiger partial charge in [0.25, 0.3) is 5.78 Å². The average Bonchev–Trinajstić information content (AvgIpc) is 2.82. The highest BCUT2D eigenvalue weighted by molar-refractivity contribution is 5.46. The monoisotopic (exact) mass is 275 g/mol. The molecule has 6 nitrogen and oxygen atoms in total. The summed E-state index contributed by atoms with van der Waals surface area (Å²) < 4.78 is 39.3. The zero-order valence-corrected chi connectivity index (χ0v) is 10.0. The Morgan fingerprint density at radius 2 is 2.21 bits per heavy atom. The third-order valence-corrected chi connectivity index (χ3v) is 2.61. The van der Waals surface area contributed by atoms with Crippen molar-refractivity contribution < 1.29 is 18.3 Å². The van der Waals surface area contributed by atoms with E-state index in [4.69, 9.17) is 5.11 Å². The number of hydrogen-bond acceptors (Lipinski definition) is 5. The van der Waals surface area contributed by atoms with E-state index in [1.165, 1.54) is 0 Å². The van der Waals surface area contributed by atoms with Gasteiger partial charge >= 0.3 is 6.18 Å². The summed E-state index contributed by atoms with van der Waals surface area (Å²) in [5.74, 6) is -0.0548. The molecular weight excluding hydrogens is 263 g/mol. The lowest BCUT2D eigenvalue weighted by atomic mass is 10.2. The molecule has 1 atom stereocenters. The first-order valence-electron chi connectivity index (χ1n) is 5.61. The van der Waals surface area contributed by atoms with Crippen molar-refractivity contribution in [3.05, 3.63) is 18.1 Å². The number of rotatable bonds is 4. The Kier molecular flexibility index (Phi) is 3.56. The number of anilines is 1. The normalized spacial score (nSPS) is 13.7. The Balaban J connectivity index is 2.48. The molecule has 0 saturated carbocycles. The number of aliphatic hydroxyl groups excluding tert-OH is 1. The van der Waals surface area contributed by atoms with Gasteiger partial charge in [-0.1, -0.05) is 6.92 Å². The molecule has 0 amide bonds. The molecule has 2 heterocycles. The summed E-state index contributed by atoms with van der Waals surface area (Å²) in [7, 11) is 0. The Bertz CT molecular complexity index is 564. The second kappa shape index (κ2) is 5.00. The fourth-order valence-electron chi connectivity index (χ4n) is 1.55. The van der Waals surface area contributed by atoms with Crippen molar-refractivity contribution in [3.8, 4) is 0 Å². The van der Waals surface area contributed by atoms with Crippen molar-refractivity contribution in [2.24, 2.45) is 0 Å². The molecule has 2 aromatic rings. The van der Waals surface area contributed by atoms with Gasteiger partial charge in [0.2, 0.25) is 0 Å². The number of aromatic nitrogens is 4. The second-order valence-electron chi connectivity index (χ2n) is 3.93. The van der Waals surface area contributed by atoms with Crippen molar-refractivity contribution in [2.45, 2.75) is 25.6 Å². The summed E-state index contributed by atoms with van der Waals surface area (Å²) in [5.41, 5.74) is -1.05. The minimum atomic E-state index is -4.56. The molecule has 104 valence electrons. The van der Waals surface area contributed by atoms with Crippen LogP contribution in [0.25, 0.3) is 5.78 Å². The predicted octanol–water partition coefficient (Wildman–Crippen LogP) is 1.33. The first-order chi connectivity index (χ1) is 8.95. The molecular formula is C10H12F3N5O. The van der Waals surface area contributed by atoms with Crippen molar-refractivity contribution in [1.82, 2.24) is 19.6 Å². The van der Waals surface area contributed by atoms with E-state index in [1.54, 1.807) is 6.92 Å². The Morgan fingerprint density at radius 1 is 1.47 bits per heavy atom. The molecule has 0 aromatic carbocycles. The van der Waals surface area contributed by atoms with Crippen LogP contribution in [0.3, 0.4) is 0 Å². The Morgan fingerprint density at radius 3 is 2.79 bits per heavy atom. The first-order valence-corrected chi connectivity index (χ1v) is 5.61. The van der Waals surface area contributed by atoms with Crippen LogP contribution in [0.15, 0.2) is 12.4 Å². The molecule has 0 aliphatic heterocycles. The smallest absolute Gasteiger partial charge is 0.394 e. The van der Waals surface area contributed by atoms with Gasteiger partial charge in [0, 0.05) is 6.07 Å². The Labute approximate surface area is 106 Å². The molecule has 0 bridgehead atoms. The van der Waals surface area contributed by atoms with Crippen LogP contribution in [0.5, 0.6) is 0 Å². The summed E-state index contributed by atoms with van der Waals surface area (Å²) >= 11 is 0. The molecule has 9 heteroatoms. The maximum Gasteiger partial charge on any atom is 0.433 e. The minimum Gasteiger partial charge on any atom is -0.394 e. The van der Waals surface area contributed by atoms with Gasteiger partial charge in [0.05, 0.1) is 12.6 Å². The lowest BCUT2D eigenvalue weighted by Crippen LogP contribution is -2.25. The van der Waals surface area contributed by atoms with E-state index in [0.29, 0.717) is 6.42 Å². The van der Waals surface area contributed by atoms with Crippen molar-refractivity contribution in [3.63, 3.8) is 0 Å². The molecule has 0 fully saturated rings. The van der Waals surface area contributed by atoms with Crippen LogP contribution in [0.1, 0.15) is 19.0 Å². The van der Waals surface area contributed by atoms with E-state index in [1.807, 2.05) is 0 Å². The SMILES string of the molecule is CCC(CO)Nc1cc(C(F)(F)F)nc2ncnn12. The van der Waals surface area contributed by atoms with Gasteiger partial charge in [0.1, 0.15) is 12.1 Å². The quantitative estimate of drug-likeness (QED) is 0.880. The van der Waals surface area contributed by atoms with Crippen LogP contribution >= 0.6 is 0 Å². The van der Waals surface area contributed by atoms with E-state index in [-0.39, 0.29) is 24.2 Å². The Hall–Kier alpha value is -1.90. The van der Waals surface area contributed by atoms with Crippen molar-refractivity contribution >= 4 is 11.6 Å². The number of alkyl halides is 3. The van der Waals surface area contributed by atoms with Crippen LogP contribution in [-0.4, -0.2) is 37.3 Å². The molecule has 0 saturated heterocycles. The van der Waals surface area contributed by atoms with Gasteiger partial charge in [-0.15, -0.1) is 0 Å². The largest absolute Gasteiger partial charge is 0.433 e. The van der Waals surface area contributed by atoms with E-state index < -0.39 is 11.9 Å². The molecule has 2 aromatic heterocycles. The minimum absolute atomic E-state index is 0.0933. The molecule has 19 heavy (non-hydrogen) atoms. The average molecular weight is 275 g/mol. The van der Waals surface area contributed by atoms with Crippen molar-refractivity contribution in [2.75, 3.05) is 11.9 Å². The predicted molar refractivity (Wildman–Crippen MR) is 60.6 cm³/mol. The van der Waals surface area contributed by atoms with Gasteiger partial charge in [0.15, 0.2) is 5.69 Å². The van der Waals surface area contributed by atoms with Crippen LogP contribution < -0.4 is 5.32 Å². The number of fused-ring (bicyclic) bond motifs is 1. The summed E-state index contributed by atoms with van der Waals surface area (Å²) in [6.45, 7) is 1.61. The summed E-state index contributed by atoms with van der Waals surface area (Å²) in [4.78, 5) is 7.04. The third kappa shape index (κ3) is 2.75. The highest BCUT2D eigenvalue weighted by atomic mass is 19.4. The van der Waals surface area contributed by atoms with Gasteiger partial charge in [-0.05, 0) is 6.42 Å². The fraction of sp³-hybridized carbons (Fsp3) is 0.500. The molecule has 0 aliphatic carbocycles. The summed E-state index contributed by atoms with van der Waals surface area (Å²) in [6, 6.07) is 0.482. The van der Waals surface area contributed by atoms with E-state index in [9.17, 15) is 13.2 Å². The number of hydrogen-bond donors (Lipinski definition) is 2. The van der Waals surface area contributed by atoms with Crippen LogP contribution in [-0.2, 0) is 6.18 Å². The number of nitrogens with one attached hydrogen (secondary N) is 1. The highest BCUT2D eigenvalue weighted by Crippen LogP contribution is 2.29. The summed E-state index contributed by atoms with van der Waals surface area (Å²) in [5, 5.41) is 15.7. The topological polar surface area (TPSA) is 75.3 Å². The standard InChI is InChI=1S/C10H12F3N5O/c1-2-6(4-19)16-8-3-7(10(11,12)13)17-9-14-5-15-18(8)9/h3,5-6,16,19H,2,4H2,1H3. The molecule has 2 rings (SSSR count). The van der Waals surface area contributed by atoms with Crippen molar-refractivity contribution in [1.29, 1.82) is 0 Å². The van der Waals surface area contributed by atoms with E-state index >= 15 is 0 Å². The van der Waals surface area contributed by atoms with Crippen LogP contribution in [0.4, 0.5) is 19.0 Å². The van der Waals surface area contributed by atoms with E-state index in [0.717, 1.165) is 16.9 Å². The second-order valence-corrected chi connectivity index (χ2v) is 3.93. The van der Waals surface area contributed by atoms with Gasteiger partial charge in [-0.25, -0.2) is 4.98 Å². The number of aliphatic hydroxyl groups is 1. The van der Waals surface area contributed by atoms with Gasteiger partial charge in [-0.2, -0.15) is 27.8 Å². The van der Waals surface area contributed by atoms with Gasteiger partial charge < -0.3 is 10.4 Å². The molecule has 1 unspecified atom stereocenters. The molecule has 0 radical (unpaired) electrons. The number of halogens is 3. The maximum absolute atomic E-state index is 12.7. The zero-order chi connectivity index (χ0) is 14.0. The van der Waals surface area contributed by atoms with Gasteiger partial charge in [-0.3, -0.25) is 0 Å². The first kappa shape index (κ1) is 13.5. The number of nitrogens with zero attached hydrogens (tertiary/aromatic N) is 4.